The van der Waals surface area contributed by atoms with E-state index >= 15 is 0 Å². The monoisotopic (exact) mass is 302 g/mol. The van der Waals surface area contributed by atoms with Gasteiger partial charge in [-0.3, -0.25) is 5.10 Å². The van der Waals surface area contributed by atoms with Gasteiger partial charge in [-0.25, -0.2) is 4.98 Å². The molecule has 0 bridgehead atoms. The Bertz CT molecular complexity index is 780. The zero-order valence-corrected chi connectivity index (χ0v) is 12.9. The van der Waals surface area contributed by atoms with Crippen LogP contribution in [0.2, 0.25) is 0 Å². The van der Waals surface area contributed by atoms with Crippen LogP contribution < -0.4 is 0 Å². The van der Waals surface area contributed by atoms with Crippen molar-refractivity contribution >= 4 is 23.6 Å². The van der Waals surface area contributed by atoms with E-state index in [1.807, 2.05) is 17.0 Å². The Morgan fingerprint density at radius 3 is 2.65 bits per heavy atom. The van der Waals surface area contributed by atoms with Gasteiger partial charge in [0.2, 0.25) is 0 Å². The van der Waals surface area contributed by atoms with Crippen molar-refractivity contribution in [2.45, 2.75) is 13.3 Å². The van der Waals surface area contributed by atoms with Crippen LogP contribution in [0, 0.1) is 4.77 Å². The van der Waals surface area contributed by atoms with Crippen molar-refractivity contribution in [3.63, 3.8) is 0 Å². The number of nitrogens with one attached hydrogen (secondary N) is 1. The molecule has 2 aromatic heterocycles. The first-order valence-electron chi connectivity index (χ1n) is 6.35. The second kappa shape index (κ2) is 5.30. The standard InChI is InChI=1S/C14H14N4S2/c1-3-9-4-6-10(7-5-9)13-15-11(8-20-13)12-16-17-14(19)18(12)2/h4-8H,3H2,1-2H3,(H,17,19). The minimum absolute atomic E-state index is 0.599. The van der Waals surface area contributed by atoms with Crippen molar-refractivity contribution in [1.29, 1.82) is 0 Å². The molecular formula is C14H14N4S2. The Morgan fingerprint density at radius 1 is 1.30 bits per heavy atom. The summed E-state index contributed by atoms with van der Waals surface area (Å²) in [6.07, 6.45) is 1.05. The summed E-state index contributed by atoms with van der Waals surface area (Å²) in [5, 5.41) is 9.99. The molecule has 0 aliphatic carbocycles. The molecule has 1 N–H and O–H groups in total. The molecule has 0 fully saturated rings. The number of thiazole rings is 1. The third-order valence-corrected chi connectivity index (χ3v) is 4.48. The molecule has 0 atom stereocenters. The lowest BCUT2D eigenvalue weighted by molar-refractivity contribution is 0.898. The maximum atomic E-state index is 5.12. The molecule has 0 spiro atoms. The van der Waals surface area contributed by atoms with Crippen molar-refractivity contribution in [3.8, 4) is 22.1 Å². The van der Waals surface area contributed by atoms with Gasteiger partial charge in [0, 0.05) is 18.0 Å². The molecular weight excluding hydrogens is 288 g/mol. The maximum absolute atomic E-state index is 5.12. The van der Waals surface area contributed by atoms with Crippen LogP contribution in [0.3, 0.4) is 0 Å². The summed E-state index contributed by atoms with van der Waals surface area (Å²) in [6, 6.07) is 8.52. The fraction of sp³-hybridized carbons (Fsp3) is 0.214. The average Bonchev–Trinajstić information content (AvgIpc) is 3.08. The van der Waals surface area contributed by atoms with Gasteiger partial charge in [0.05, 0.1) is 0 Å². The first-order valence-corrected chi connectivity index (χ1v) is 7.64. The SMILES string of the molecule is CCc1ccc(-c2nc(-c3n[nH]c(=S)n3C)cs2)cc1. The molecule has 4 nitrogen and oxygen atoms in total. The molecule has 1 aromatic carbocycles. The van der Waals surface area contributed by atoms with Gasteiger partial charge in [0.25, 0.3) is 0 Å². The smallest absolute Gasteiger partial charge is 0.195 e. The predicted molar refractivity (Wildman–Crippen MR) is 84.3 cm³/mol. The fourth-order valence-corrected chi connectivity index (χ4v) is 2.90. The van der Waals surface area contributed by atoms with E-state index in [9.17, 15) is 0 Å². The number of rotatable bonds is 3. The number of aryl methyl sites for hydroxylation is 1. The first kappa shape index (κ1) is 13.2. The Hall–Kier alpha value is -1.79. The number of nitrogens with zero attached hydrogens (tertiary/aromatic N) is 3. The van der Waals surface area contributed by atoms with Crippen LogP contribution >= 0.6 is 23.6 Å². The minimum atomic E-state index is 0.599. The average molecular weight is 302 g/mol. The van der Waals surface area contributed by atoms with Crippen LogP contribution in [0.1, 0.15) is 12.5 Å². The van der Waals surface area contributed by atoms with Gasteiger partial charge in [-0.1, -0.05) is 31.2 Å². The summed E-state index contributed by atoms with van der Waals surface area (Å²) in [5.41, 5.74) is 3.31. The molecule has 2 heterocycles. The molecule has 3 rings (SSSR count). The number of hydrogen-bond donors (Lipinski definition) is 1. The van der Waals surface area contributed by atoms with Crippen LogP contribution in [0.15, 0.2) is 29.6 Å². The third-order valence-electron chi connectivity index (χ3n) is 3.22. The molecule has 0 unspecified atom stereocenters. The summed E-state index contributed by atoms with van der Waals surface area (Å²) >= 11 is 6.74. The van der Waals surface area contributed by atoms with Gasteiger partial charge in [-0.05, 0) is 24.2 Å². The molecule has 0 amide bonds. The molecule has 20 heavy (non-hydrogen) atoms. The Balaban J connectivity index is 1.97. The minimum Gasteiger partial charge on any atom is -0.302 e. The predicted octanol–water partition coefficient (Wildman–Crippen LogP) is 3.83. The lowest BCUT2D eigenvalue weighted by atomic mass is 10.1. The number of aromatic amines is 1. The van der Waals surface area contributed by atoms with Crippen molar-refractivity contribution in [1.82, 2.24) is 19.7 Å². The zero-order valence-electron chi connectivity index (χ0n) is 11.3. The highest BCUT2D eigenvalue weighted by molar-refractivity contribution is 7.71. The normalized spacial score (nSPS) is 10.9. The van der Waals surface area contributed by atoms with Crippen LogP contribution in [0.5, 0.6) is 0 Å². The van der Waals surface area contributed by atoms with E-state index in [1.165, 1.54) is 5.56 Å². The quantitative estimate of drug-likeness (QED) is 0.748. The van der Waals surface area contributed by atoms with Crippen LogP contribution in [0.4, 0.5) is 0 Å². The fourth-order valence-electron chi connectivity index (χ4n) is 1.97. The van der Waals surface area contributed by atoms with Gasteiger partial charge in [0.1, 0.15) is 10.7 Å². The van der Waals surface area contributed by atoms with Crippen molar-refractivity contribution in [3.05, 3.63) is 40.0 Å². The second-order valence-electron chi connectivity index (χ2n) is 4.50. The molecule has 6 heteroatoms. The number of aromatic nitrogens is 4. The number of hydrogen-bond acceptors (Lipinski definition) is 4. The van der Waals surface area contributed by atoms with Crippen LogP contribution in [-0.2, 0) is 13.5 Å². The Labute approximate surface area is 126 Å². The van der Waals surface area contributed by atoms with Gasteiger partial charge in [-0.15, -0.1) is 11.3 Å². The lowest BCUT2D eigenvalue weighted by Gasteiger charge is -1.99. The topological polar surface area (TPSA) is 46.5 Å². The van der Waals surface area contributed by atoms with Gasteiger partial charge in [0.15, 0.2) is 10.6 Å². The van der Waals surface area contributed by atoms with E-state index in [0.717, 1.165) is 28.5 Å². The summed E-state index contributed by atoms with van der Waals surface area (Å²) in [4.78, 5) is 4.65. The molecule has 0 radical (unpaired) electrons. The highest BCUT2D eigenvalue weighted by Gasteiger charge is 2.11. The Kier molecular flexibility index (Phi) is 3.50. The zero-order chi connectivity index (χ0) is 14.1. The third kappa shape index (κ3) is 2.32. The van der Waals surface area contributed by atoms with Gasteiger partial charge in [-0.2, -0.15) is 5.10 Å². The number of benzene rings is 1. The van der Waals surface area contributed by atoms with Crippen LogP contribution in [-0.4, -0.2) is 19.7 Å². The Morgan fingerprint density at radius 2 is 2.05 bits per heavy atom. The molecule has 3 aromatic rings. The summed E-state index contributed by atoms with van der Waals surface area (Å²) in [5.74, 6) is 0.766. The van der Waals surface area contributed by atoms with Gasteiger partial charge >= 0.3 is 0 Å². The van der Waals surface area contributed by atoms with Crippen molar-refractivity contribution in [2.24, 2.45) is 7.05 Å². The summed E-state index contributed by atoms with van der Waals surface area (Å²) in [7, 11) is 1.89. The van der Waals surface area contributed by atoms with Crippen molar-refractivity contribution in [2.75, 3.05) is 0 Å². The number of H-pyrrole nitrogens is 1. The van der Waals surface area contributed by atoms with E-state index in [4.69, 9.17) is 12.2 Å². The second-order valence-corrected chi connectivity index (χ2v) is 5.74. The van der Waals surface area contributed by atoms with Crippen molar-refractivity contribution < 1.29 is 0 Å². The highest BCUT2D eigenvalue weighted by atomic mass is 32.1. The van der Waals surface area contributed by atoms with E-state index < -0.39 is 0 Å². The van der Waals surface area contributed by atoms with E-state index in [1.54, 1.807) is 11.3 Å². The van der Waals surface area contributed by atoms with Crippen LogP contribution in [0.25, 0.3) is 22.1 Å². The van der Waals surface area contributed by atoms with E-state index in [0.29, 0.717) is 4.77 Å². The van der Waals surface area contributed by atoms with E-state index in [-0.39, 0.29) is 0 Å². The molecule has 0 aliphatic heterocycles. The molecule has 0 aliphatic rings. The summed E-state index contributed by atoms with van der Waals surface area (Å²) in [6.45, 7) is 2.15. The largest absolute Gasteiger partial charge is 0.302 e. The highest BCUT2D eigenvalue weighted by Crippen LogP contribution is 2.28. The molecule has 102 valence electrons. The molecule has 0 saturated heterocycles. The van der Waals surface area contributed by atoms with E-state index in [2.05, 4.69) is 46.4 Å². The summed E-state index contributed by atoms with van der Waals surface area (Å²) < 4.78 is 2.43. The first-order chi connectivity index (χ1) is 9.69. The maximum Gasteiger partial charge on any atom is 0.195 e. The lowest BCUT2D eigenvalue weighted by Crippen LogP contribution is -1.92. The molecule has 0 saturated carbocycles. The van der Waals surface area contributed by atoms with Gasteiger partial charge < -0.3 is 4.57 Å².